The number of imidazole rings is 1. The van der Waals surface area contributed by atoms with Gasteiger partial charge in [-0.05, 0) is 43.7 Å². The third kappa shape index (κ3) is 2.21. The number of hydrogen-bond donors (Lipinski definition) is 0. The SMILES string of the molecule is COc1cc(C)cc2c1-n1c(C)cnc1CN=C2c1ccccn1. The molecule has 120 valence electrons. The summed E-state index contributed by atoms with van der Waals surface area (Å²) < 4.78 is 7.82. The average Bonchev–Trinajstić information content (AvgIpc) is 2.87. The highest BCUT2D eigenvalue weighted by Gasteiger charge is 2.24. The minimum Gasteiger partial charge on any atom is -0.495 e. The second kappa shape index (κ2) is 5.60. The van der Waals surface area contributed by atoms with Gasteiger partial charge in [0.1, 0.15) is 11.6 Å². The Labute approximate surface area is 140 Å². The lowest BCUT2D eigenvalue weighted by Gasteiger charge is -2.17. The first-order valence-electron chi connectivity index (χ1n) is 7.87. The van der Waals surface area contributed by atoms with Gasteiger partial charge in [0.05, 0.1) is 30.7 Å². The van der Waals surface area contributed by atoms with Crippen molar-refractivity contribution in [3.05, 3.63) is 71.1 Å². The highest BCUT2D eigenvalue weighted by Crippen LogP contribution is 2.34. The summed E-state index contributed by atoms with van der Waals surface area (Å²) in [6, 6.07) is 10.1. The van der Waals surface area contributed by atoms with E-state index in [0.29, 0.717) is 6.54 Å². The molecular weight excluding hydrogens is 300 g/mol. The normalized spacial score (nSPS) is 12.9. The van der Waals surface area contributed by atoms with E-state index >= 15 is 0 Å². The number of pyridine rings is 1. The van der Waals surface area contributed by atoms with Crippen molar-refractivity contribution >= 4 is 5.71 Å². The molecule has 0 saturated carbocycles. The minimum absolute atomic E-state index is 0.511. The van der Waals surface area contributed by atoms with Crippen molar-refractivity contribution in [2.75, 3.05) is 7.11 Å². The molecule has 0 spiro atoms. The van der Waals surface area contributed by atoms with Crippen LogP contribution in [-0.4, -0.2) is 27.4 Å². The van der Waals surface area contributed by atoms with Gasteiger partial charge in [-0.25, -0.2) is 4.98 Å². The van der Waals surface area contributed by atoms with Crippen LogP contribution in [0.25, 0.3) is 5.69 Å². The van der Waals surface area contributed by atoms with E-state index in [1.54, 1.807) is 13.3 Å². The van der Waals surface area contributed by atoms with Crippen molar-refractivity contribution in [3.63, 3.8) is 0 Å². The molecule has 3 heterocycles. The Bertz CT molecular complexity index is 942. The first kappa shape index (κ1) is 14.6. The van der Waals surface area contributed by atoms with Gasteiger partial charge in [-0.15, -0.1) is 0 Å². The van der Waals surface area contributed by atoms with Gasteiger partial charge in [-0.2, -0.15) is 0 Å². The lowest BCUT2D eigenvalue weighted by molar-refractivity contribution is 0.412. The van der Waals surface area contributed by atoms with Crippen LogP contribution in [0.4, 0.5) is 0 Å². The molecule has 0 radical (unpaired) electrons. The van der Waals surface area contributed by atoms with Crippen molar-refractivity contribution in [2.24, 2.45) is 4.99 Å². The number of ether oxygens (including phenoxy) is 1. The number of benzene rings is 1. The van der Waals surface area contributed by atoms with E-state index in [1.165, 1.54) is 0 Å². The highest BCUT2D eigenvalue weighted by atomic mass is 16.5. The van der Waals surface area contributed by atoms with E-state index < -0.39 is 0 Å². The summed E-state index contributed by atoms with van der Waals surface area (Å²) in [5.74, 6) is 1.72. The summed E-state index contributed by atoms with van der Waals surface area (Å²) >= 11 is 0. The maximum absolute atomic E-state index is 5.69. The van der Waals surface area contributed by atoms with Gasteiger partial charge in [-0.1, -0.05) is 6.07 Å². The zero-order chi connectivity index (χ0) is 16.7. The molecule has 24 heavy (non-hydrogen) atoms. The molecule has 5 heteroatoms. The zero-order valence-corrected chi connectivity index (χ0v) is 13.9. The van der Waals surface area contributed by atoms with E-state index in [0.717, 1.165) is 45.5 Å². The van der Waals surface area contributed by atoms with Gasteiger partial charge in [-0.3, -0.25) is 14.5 Å². The topological polar surface area (TPSA) is 52.3 Å². The first-order valence-corrected chi connectivity index (χ1v) is 7.87. The molecule has 0 atom stereocenters. The number of hydrogen-bond acceptors (Lipinski definition) is 4. The fourth-order valence-corrected chi connectivity index (χ4v) is 3.17. The van der Waals surface area contributed by atoms with Crippen molar-refractivity contribution in [1.82, 2.24) is 14.5 Å². The lowest BCUT2D eigenvalue weighted by atomic mass is 10.0. The standard InChI is InChI=1S/C19H18N4O/c1-12-8-14-18(15-6-4-5-7-20-15)22-11-17-21-10-13(2)23(17)19(14)16(9-12)24-3/h4-10H,11H2,1-3H3. The van der Waals surface area contributed by atoms with Crippen LogP contribution in [0.1, 0.15) is 28.3 Å². The van der Waals surface area contributed by atoms with Crippen LogP contribution in [0, 0.1) is 13.8 Å². The van der Waals surface area contributed by atoms with E-state index in [9.17, 15) is 0 Å². The quantitative estimate of drug-likeness (QED) is 0.729. The maximum atomic E-state index is 5.69. The predicted molar refractivity (Wildman–Crippen MR) is 93.2 cm³/mol. The van der Waals surface area contributed by atoms with E-state index in [1.807, 2.05) is 37.4 Å². The van der Waals surface area contributed by atoms with E-state index in [2.05, 4.69) is 27.5 Å². The first-order chi connectivity index (χ1) is 11.7. The van der Waals surface area contributed by atoms with E-state index in [4.69, 9.17) is 9.73 Å². The third-order valence-corrected chi connectivity index (χ3v) is 4.22. The van der Waals surface area contributed by atoms with Gasteiger partial charge in [0, 0.05) is 23.7 Å². The van der Waals surface area contributed by atoms with Crippen molar-refractivity contribution in [1.29, 1.82) is 0 Å². The summed E-state index contributed by atoms with van der Waals surface area (Å²) in [6.45, 7) is 4.62. The Balaban J connectivity index is 2.07. The number of rotatable bonds is 2. The molecular formula is C19H18N4O. The fraction of sp³-hybridized carbons (Fsp3) is 0.211. The van der Waals surface area contributed by atoms with Gasteiger partial charge in [0.2, 0.25) is 0 Å². The molecule has 1 aliphatic rings. The van der Waals surface area contributed by atoms with Gasteiger partial charge < -0.3 is 4.74 Å². The Morgan fingerprint density at radius 2 is 2.00 bits per heavy atom. The van der Waals surface area contributed by atoms with Crippen LogP contribution < -0.4 is 4.74 Å². The Hall–Kier alpha value is -2.95. The molecule has 3 aromatic rings. The summed E-state index contributed by atoms with van der Waals surface area (Å²) in [7, 11) is 1.70. The molecule has 0 aliphatic carbocycles. The molecule has 4 rings (SSSR count). The molecule has 5 nitrogen and oxygen atoms in total. The monoisotopic (exact) mass is 318 g/mol. The molecule has 1 aromatic carbocycles. The van der Waals surface area contributed by atoms with Crippen LogP contribution >= 0.6 is 0 Å². The summed E-state index contributed by atoms with van der Waals surface area (Å²) in [5, 5.41) is 0. The van der Waals surface area contributed by atoms with Crippen molar-refractivity contribution in [2.45, 2.75) is 20.4 Å². The number of methoxy groups -OCH3 is 1. The second-order valence-corrected chi connectivity index (χ2v) is 5.89. The van der Waals surface area contributed by atoms with Gasteiger partial charge in [0.25, 0.3) is 0 Å². The van der Waals surface area contributed by atoms with Gasteiger partial charge >= 0.3 is 0 Å². The molecule has 0 amide bonds. The second-order valence-electron chi connectivity index (χ2n) is 5.89. The average molecular weight is 318 g/mol. The van der Waals surface area contributed by atoms with Crippen molar-refractivity contribution in [3.8, 4) is 11.4 Å². The zero-order valence-electron chi connectivity index (χ0n) is 13.9. The van der Waals surface area contributed by atoms with Crippen LogP contribution in [0.2, 0.25) is 0 Å². The highest BCUT2D eigenvalue weighted by molar-refractivity contribution is 6.14. The maximum Gasteiger partial charge on any atom is 0.143 e. The molecule has 2 aromatic heterocycles. The number of aryl methyl sites for hydroxylation is 2. The van der Waals surface area contributed by atoms with Crippen LogP contribution in [0.5, 0.6) is 5.75 Å². The Morgan fingerprint density at radius 1 is 1.12 bits per heavy atom. The predicted octanol–water partition coefficient (Wildman–Crippen LogP) is 3.24. The van der Waals surface area contributed by atoms with Crippen LogP contribution in [-0.2, 0) is 6.54 Å². The molecule has 0 fully saturated rings. The minimum atomic E-state index is 0.511. The molecule has 0 unspecified atom stereocenters. The van der Waals surface area contributed by atoms with Crippen LogP contribution in [0.15, 0.2) is 47.7 Å². The smallest absolute Gasteiger partial charge is 0.143 e. The number of nitrogens with zero attached hydrogens (tertiary/aromatic N) is 4. The largest absolute Gasteiger partial charge is 0.495 e. The summed E-state index contributed by atoms with van der Waals surface area (Å²) in [4.78, 5) is 13.8. The molecule has 0 saturated heterocycles. The Kier molecular flexibility index (Phi) is 3.41. The molecule has 1 aliphatic heterocycles. The molecule has 0 bridgehead atoms. The number of aromatic nitrogens is 3. The number of aliphatic imine (C=N–C) groups is 1. The Morgan fingerprint density at radius 3 is 2.75 bits per heavy atom. The summed E-state index contributed by atoms with van der Waals surface area (Å²) in [6.07, 6.45) is 3.67. The van der Waals surface area contributed by atoms with E-state index in [-0.39, 0.29) is 0 Å². The van der Waals surface area contributed by atoms with Crippen molar-refractivity contribution < 1.29 is 4.74 Å². The summed E-state index contributed by atoms with van der Waals surface area (Å²) in [5.41, 5.74) is 5.91. The molecule has 0 N–H and O–H groups in total. The number of fused-ring (bicyclic) bond motifs is 3. The van der Waals surface area contributed by atoms with Gasteiger partial charge in [0.15, 0.2) is 0 Å². The fourth-order valence-electron chi connectivity index (χ4n) is 3.17. The third-order valence-electron chi connectivity index (χ3n) is 4.22. The van der Waals surface area contributed by atoms with Crippen LogP contribution in [0.3, 0.4) is 0 Å². The lowest BCUT2D eigenvalue weighted by Crippen LogP contribution is -2.11.